The summed E-state index contributed by atoms with van der Waals surface area (Å²) in [4.78, 5) is 12.0. The smallest absolute Gasteiger partial charge is 0.229 e. The van der Waals surface area contributed by atoms with Crippen LogP contribution in [0.2, 0.25) is 0 Å². The zero-order valence-corrected chi connectivity index (χ0v) is 11.0. The highest BCUT2D eigenvalue weighted by atomic mass is 32.1. The first-order valence-electron chi connectivity index (χ1n) is 6.12. The fraction of sp³-hybridized carbons (Fsp3) is 0.833. The number of carbonyl (C=O) groups is 1. The van der Waals surface area contributed by atoms with Crippen LogP contribution in [0.4, 0.5) is 0 Å². The fourth-order valence-corrected chi connectivity index (χ4v) is 2.34. The molecule has 4 heteroatoms. The van der Waals surface area contributed by atoms with Crippen molar-refractivity contribution in [3.05, 3.63) is 0 Å². The van der Waals surface area contributed by atoms with E-state index in [2.05, 4.69) is 12.2 Å². The van der Waals surface area contributed by atoms with Crippen LogP contribution in [0.5, 0.6) is 0 Å². The maximum atomic E-state index is 11.8. The first-order valence-corrected chi connectivity index (χ1v) is 6.53. The lowest BCUT2D eigenvalue weighted by Crippen LogP contribution is -2.44. The lowest BCUT2D eigenvalue weighted by Gasteiger charge is -2.29. The summed E-state index contributed by atoms with van der Waals surface area (Å²) in [6.07, 6.45) is 6.36. The van der Waals surface area contributed by atoms with Crippen molar-refractivity contribution in [2.45, 2.75) is 52.0 Å². The Morgan fingerprint density at radius 2 is 1.88 bits per heavy atom. The highest BCUT2D eigenvalue weighted by Gasteiger charge is 2.24. The number of carbonyl (C=O) groups excluding carboxylic acids is 1. The Balaban J connectivity index is 2.40. The number of hydrogen-bond donors (Lipinski definition) is 2. The molecule has 3 nitrogen and oxygen atoms in total. The Hall–Kier alpha value is -0.640. The van der Waals surface area contributed by atoms with Crippen LogP contribution in [0, 0.1) is 11.8 Å². The third-order valence-electron chi connectivity index (χ3n) is 3.55. The van der Waals surface area contributed by atoms with Gasteiger partial charge in [-0.2, -0.15) is 0 Å². The van der Waals surface area contributed by atoms with Gasteiger partial charge in [-0.3, -0.25) is 4.79 Å². The average Bonchev–Trinajstić information content (AvgIpc) is 2.28. The number of rotatable bonds is 4. The summed E-state index contributed by atoms with van der Waals surface area (Å²) < 4.78 is 0. The molecule has 1 rings (SSSR count). The minimum Gasteiger partial charge on any atom is -0.393 e. The number of thiocarbonyl (C=S) groups is 1. The van der Waals surface area contributed by atoms with Gasteiger partial charge in [0, 0.05) is 6.04 Å². The summed E-state index contributed by atoms with van der Waals surface area (Å²) in [6.45, 7) is 3.84. The summed E-state index contributed by atoms with van der Waals surface area (Å²) in [7, 11) is 0. The standard InChI is InChI=1S/C12H22N2OS/c1-8(11(13)16)12(15)14-9(2)10-6-4-3-5-7-10/h8-10H,3-7H2,1-2H3,(H2,13,16)(H,14,15). The van der Waals surface area contributed by atoms with Gasteiger partial charge in [0.25, 0.3) is 0 Å². The Bertz CT molecular complexity index is 262. The average molecular weight is 242 g/mol. The van der Waals surface area contributed by atoms with Crippen molar-refractivity contribution < 1.29 is 4.79 Å². The molecule has 1 saturated carbocycles. The van der Waals surface area contributed by atoms with Crippen molar-refractivity contribution in [3.63, 3.8) is 0 Å². The third-order valence-corrected chi connectivity index (χ3v) is 3.90. The Morgan fingerprint density at radius 3 is 2.38 bits per heavy atom. The van der Waals surface area contributed by atoms with E-state index >= 15 is 0 Å². The molecule has 92 valence electrons. The van der Waals surface area contributed by atoms with Crippen molar-refractivity contribution >= 4 is 23.1 Å². The maximum absolute atomic E-state index is 11.8. The zero-order chi connectivity index (χ0) is 12.1. The molecule has 3 N–H and O–H groups in total. The van der Waals surface area contributed by atoms with Gasteiger partial charge in [0.2, 0.25) is 5.91 Å². The van der Waals surface area contributed by atoms with E-state index in [0.29, 0.717) is 5.92 Å². The molecule has 1 fully saturated rings. The lowest BCUT2D eigenvalue weighted by molar-refractivity contribution is -0.123. The van der Waals surface area contributed by atoms with Gasteiger partial charge in [-0.15, -0.1) is 0 Å². The molecule has 0 aromatic heterocycles. The van der Waals surface area contributed by atoms with Gasteiger partial charge in [-0.05, 0) is 32.6 Å². The second-order valence-corrected chi connectivity index (χ2v) is 5.29. The summed E-state index contributed by atoms with van der Waals surface area (Å²) in [5.41, 5.74) is 5.46. The molecule has 0 radical (unpaired) electrons. The molecule has 0 aromatic carbocycles. The SMILES string of the molecule is CC(C(=O)NC(C)C1CCCCC1)C(N)=S. The topological polar surface area (TPSA) is 55.1 Å². The zero-order valence-electron chi connectivity index (χ0n) is 10.2. The van der Waals surface area contributed by atoms with E-state index in [9.17, 15) is 4.79 Å². The van der Waals surface area contributed by atoms with E-state index in [1.54, 1.807) is 6.92 Å². The van der Waals surface area contributed by atoms with Gasteiger partial charge in [0.05, 0.1) is 10.9 Å². The van der Waals surface area contributed by atoms with Gasteiger partial charge in [0.1, 0.15) is 0 Å². The van der Waals surface area contributed by atoms with E-state index < -0.39 is 0 Å². The first-order chi connectivity index (χ1) is 7.52. The highest BCUT2D eigenvalue weighted by Crippen LogP contribution is 2.26. The quantitative estimate of drug-likeness (QED) is 0.741. The van der Waals surface area contributed by atoms with E-state index in [-0.39, 0.29) is 22.9 Å². The van der Waals surface area contributed by atoms with E-state index in [0.717, 1.165) is 0 Å². The molecule has 1 aliphatic carbocycles. The summed E-state index contributed by atoms with van der Waals surface area (Å²) in [5.74, 6) is 0.225. The molecule has 0 aromatic rings. The van der Waals surface area contributed by atoms with Gasteiger partial charge in [0.15, 0.2) is 0 Å². The van der Waals surface area contributed by atoms with Crippen LogP contribution in [-0.2, 0) is 4.79 Å². The molecule has 0 spiro atoms. The van der Waals surface area contributed by atoms with Crippen LogP contribution in [-0.4, -0.2) is 16.9 Å². The molecule has 2 atom stereocenters. The van der Waals surface area contributed by atoms with Crippen LogP contribution < -0.4 is 11.1 Å². The lowest BCUT2D eigenvalue weighted by atomic mass is 9.84. The van der Waals surface area contributed by atoms with Gasteiger partial charge < -0.3 is 11.1 Å². The third kappa shape index (κ3) is 3.74. The van der Waals surface area contributed by atoms with Crippen LogP contribution >= 0.6 is 12.2 Å². The van der Waals surface area contributed by atoms with Crippen LogP contribution in [0.1, 0.15) is 46.0 Å². The molecule has 0 bridgehead atoms. The molecule has 1 aliphatic rings. The molecule has 0 aliphatic heterocycles. The molecule has 2 unspecified atom stereocenters. The molecule has 0 saturated heterocycles. The predicted molar refractivity (Wildman–Crippen MR) is 70.1 cm³/mol. The van der Waals surface area contributed by atoms with E-state index in [1.165, 1.54) is 32.1 Å². The Labute approximate surface area is 103 Å². The monoisotopic (exact) mass is 242 g/mol. The van der Waals surface area contributed by atoms with Crippen molar-refractivity contribution in [1.29, 1.82) is 0 Å². The summed E-state index contributed by atoms with van der Waals surface area (Å²) in [5, 5.41) is 3.02. The second kappa shape index (κ2) is 6.18. The molecule has 16 heavy (non-hydrogen) atoms. The van der Waals surface area contributed by atoms with Gasteiger partial charge >= 0.3 is 0 Å². The second-order valence-electron chi connectivity index (χ2n) is 4.82. The molecular weight excluding hydrogens is 220 g/mol. The van der Waals surface area contributed by atoms with Crippen LogP contribution in [0.25, 0.3) is 0 Å². The number of hydrogen-bond acceptors (Lipinski definition) is 2. The predicted octanol–water partition coefficient (Wildman–Crippen LogP) is 1.99. The Kier molecular flexibility index (Phi) is 5.19. The summed E-state index contributed by atoms with van der Waals surface area (Å²) in [6, 6.07) is 0.240. The van der Waals surface area contributed by atoms with Crippen molar-refractivity contribution in [3.8, 4) is 0 Å². The molecule has 0 heterocycles. The molecular formula is C12H22N2OS. The van der Waals surface area contributed by atoms with Crippen molar-refractivity contribution in [1.82, 2.24) is 5.32 Å². The van der Waals surface area contributed by atoms with Crippen LogP contribution in [0.15, 0.2) is 0 Å². The van der Waals surface area contributed by atoms with Crippen molar-refractivity contribution in [2.75, 3.05) is 0 Å². The van der Waals surface area contributed by atoms with Crippen LogP contribution in [0.3, 0.4) is 0 Å². The normalized spacial score (nSPS) is 21.1. The Morgan fingerprint density at radius 1 is 1.31 bits per heavy atom. The van der Waals surface area contributed by atoms with Gasteiger partial charge in [-0.1, -0.05) is 31.5 Å². The summed E-state index contributed by atoms with van der Waals surface area (Å²) >= 11 is 4.82. The minimum atomic E-state index is -0.360. The number of nitrogens with one attached hydrogen (secondary N) is 1. The highest BCUT2D eigenvalue weighted by molar-refractivity contribution is 7.80. The van der Waals surface area contributed by atoms with Crippen molar-refractivity contribution in [2.24, 2.45) is 17.6 Å². The maximum Gasteiger partial charge on any atom is 0.229 e. The largest absolute Gasteiger partial charge is 0.393 e. The number of nitrogens with two attached hydrogens (primary N) is 1. The number of amides is 1. The van der Waals surface area contributed by atoms with E-state index in [1.807, 2.05) is 0 Å². The first kappa shape index (κ1) is 13.4. The van der Waals surface area contributed by atoms with E-state index in [4.69, 9.17) is 18.0 Å². The minimum absolute atomic E-state index is 0.0365. The van der Waals surface area contributed by atoms with Gasteiger partial charge in [-0.25, -0.2) is 0 Å². The fourth-order valence-electron chi connectivity index (χ4n) is 2.23. The molecule has 1 amide bonds.